The maximum atomic E-state index is 13.3. The van der Waals surface area contributed by atoms with Crippen LogP contribution in [-0.2, 0) is 21.5 Å². The minimum Gasteiger partial charge on any atom is -0.338 e. The highest BCUT2D eigenvalue weighted by Crippen LogP contribution is 2.42. The smallest absolute Gasteiger partial charge is 0.325 e. The van der Waals surface area contributed by atoms with Gasteiger partial charge in [0.2, 0.25) is 5.91 Å². The first kappa shape index (κ1) is 18.6. The second-order valence-electron chi connectivity index (χ2n) is 9.27. The topological polar surface area (TPSA) is 69.7 Å². The highest BCUT2D eigenvalue weighted by atomic mass is 16.2. The summed E-state index contributed by atoms with van der Waals surface area (Å²) in [6.07, 6.45) is 7.08. The fraction of sp³-hybridized carbons (Fsp3) is 0.609. The van der Waals surface area contributed by atoms with Crippen LogP contribution in [0.15, 0.2) is 24.3 Å². The Labute approximate surface area is 171 Å². The van der Waals surface area contributed by atoms with E-state index in [9.17, 15) is 14.4 Å². The Morgan fingerprint density at radius 1 is 1.17 bits per heavy atom. The minimum absolute atomic E-state index is 0.0831. The molecule has 0 aromatic heterocycles. The number of carbonyl (C=O) groups is 3. The van der Waals surface area contributed by atoms with Gasteiger partial charge in [-0.25, -0.2) is 4.79 Å². The van der Waals surface area contributed by atoms with Gasteiger partial charge in [0.15, 0.2) is 0 Å². The standard InChI is InChI=1S/C23H29N3O3/c1-15-6-4-8-17-9-5-13-25(20(15)17)19(27)14-26-21(28)23(24-22(26)29)12-11-16-7-2-3-10-18(16)23/h2-3,7,10,15,17,20H,4-6,8-9,11-14H2,1H3,(H,24,29)/t15-,17-,20+,23-/m1/s1. The van der Waals surface area contributed by atoms with Crippen molar-refractivity contribution in [2.75, 3.05) is 13.1 Å². The number of nitrogens with zero attached hydrogens (tertiary/aromatic N) is 2. The summed E-state index contributed by atoms with van der Waals surface area (Å²) in [5.41, 5.74) is 0.993. The van der Waals surface area contributed by atoms with E-state index >= 15 is 0 Å². The molecule has 1 saturated carbocycles. The van der Waals surface area contributed by atoms with E-state index < -0.39 is 11.6 Å². The van der Waals surface area contributed by atoms with E-state index in [2.05, 4.69) is 12.2 Å². The van der Waals surface area contributed by atoms with Crippen LogP contribution in [0.1, 0.15) is 56.6 Å². The normalized spacial score (nSPS) is 33.6. The fourth-order valence-electron chi connectivity index (χ4n) is 6.31. The lowest BCUT2D eigenvalue weighted by atomic mass is 9.73. The number of hydrogen-bond donors (Lipinski definition) is 1. The quantitative estimate of drug-likeness (QED) is 0.783. The van der Waals surface area contributed by atoms with Crippen molar-refractivity contribution in [1.82, 2.24) is 15.1 Å². The molecule has 5 rings (SSSR count). The average molecular weight is 396 g/mol. The molecule has 29 heavy (non-hydrogen) atoms. The number of benzene rings is 1. The first-order valence-electron chi connectivity index (χ1n) is 11.0. The van der Waals surface area contributed by atoms with Crippen molar-refractivity contribution >= 4 is 17.8 Å². The number of nitrogens with one attached hydrogen (secondary N) is 1. The van der Waals surface area contributed by atoms with Crippen LogP contribution in [0.5, 0.6) is 0 Å². The van der Waals surface area contributed by atoms with Crippen LogP contribution in [0.25, 0.3) is 0 Å². The molecule has 4 atom stereocenters. The van der Waals surface area contributed by atoms with Crippen LogP contribution in [0.2, 0.25) is 0 Å². The maximum absolute atomic E-state index is 13.3. The summed E-state index contributed by atoms with van der Waals surface area (Å²) in [6, 6.07) is 7.61. The van der Waals surface area contributed by atoms with Crippen LogP contribution in [0.4, 0.5) is 4.79 Å². The Kier molecular flexibility index (Phi) is 4.41. The molecular weight excluding hydrogens is 366 g/mol. The van der Waals surface area contributed by atoms with Gasteiger partial charge in [-0.05, 0) is 61.5 Å². The lowest BCUT2D eigenvalue weighted by Crippen LogP contribution is -2.55. The van der Waals surface area contributed by atoms with Gasteiger partial charge >= 0.3 is 6.03 Å². The van der Waals surface area contributed by atoms with Crippen molar-refractivity contribution in [1.29, 1.82) is 0 Å². The average Bonchev–Trinajstić information content (AvgIpc) is 3.21. The molecule has 154 valence electrons. The van der Waals surface area contributed by atoms with Gasteiger partial charge in [0.1, 0.15) is 12.1 Å². The highest BCUT2D eigenvalue weighted by Gasteiger charge is 2.56. The minimum atomic E-state index is -0.990. The van der Waals surface area contributed by atoms with Crippen molar-refractivity contribution in [3.05, 3.63) is 35.4 Å². The van der Waals surface area contributed by atoms with E-state index in [4.69, 9.17) is 0 Å². The third-order valence-corrected chi connectivity index (χ3v) is 7.67. The lowest BCUT2D eigenvalue weighted by molar-refractivity contribution is -0.144. The Hall–Kier alpha value is -2.37. The van der Waals surface area contributed by atoms with Crippen molar-refractivity contribution in [3.63, 3.8) is 0 Å². The number of piperidine rings is 1. The molecule has 2 heterocycles. The Morgan fingerprint density at radius 3 is 2.83 bits per heavy atom. The maximum Gasteiger partial charge on any atom is 0.325 e. The number of urea groups is 1. The van der Waals surface area contributed by atoms with Gasteiger partial charge in [-0.15, -0.1) is 0 Å². The summed E-state index contributed by atoms with van der Waals surface area (Å²) in [6.45, 7) is 2.83. The number of rotatable bonds is 2. The van der Waals surface area contributed by atoms with E-state index in [1.807, 2.05) is 29.2 Å². The molecule has 4 aliphatic rings. The zero-order chi connectivity index (χ0) is 20.2. The molecule has 0 radical (unpaired) electrons. The largest absolute Gasteiger partial charge is 0.338 e. The van der Waals surface area contributed by atoms with Crippen molar-refractivity contribution in [2.45, 2.75) is 63.5 Å². The van der Waals surface area contributed by atoms with Gasteiger partial charge in [-0.3, -0.25) is 14.5 Å². The van der Waals surface area contributed by atoms with Crippen molar-refractivity contribution in [3.8, 4) is 0 Å². The number of imide groups is 1. The van der Waals surface area contributed by atoms with Gasteiger partial charge in [-0.1, -0.05) is 37.6 Å². The molecule has 2 aliphatic heterocycles. The molecule has 6 nitrogen and oxygen atoms in total. The first-order chi connectivity index (χ1) is 14.0. The zero-order valence-electron chi connectivity index (χ0n) is 17.0. The van der Waals surface area contributed by atoms with Gasteiger partial charge in [0, 0.05) is 12.6 Å². The summed E-state index contributed by atoms with van der Waals surface area (Å²) < 4.78 is 0. The van der Waals surface area contributed by atoms with Gasteiger partial charge in [0.05, 0.1) is 0 Å². The van der Waals surface area contributed by atoms with E-state index in [-0.39, 0.29) is 24.4 Å². The second-order valence-corrected chi connectivity index (χ2v) is 9.27. The Morgan fingerprint density at radius 2 is 1.97 bits per heavy atom. The monoisotopic (exact) mass is 395 g/mol. The van der Waals surface area contributed by atoms with Crippen LogP contribution < -0.4 is 5.32 Å². The summed E-state index contributed by atoms with van der Waals surface area (Å²) >= 11 is 0. The molecule has 2 aliphatic carbocycles. The molecule has 1 spiro atoms. The zero-order valence-corrected chi connectivity index (χ0v) is 17.0. The molecule has 1 aromatic rings. The molecule has 1 aromatic carbocycles. The summed E-state index contributed by atoms with van der Waals surface area (Å²) in [5.74, 6) is 0.688. The molecule has 4 amide bonds. The third kappa shape index (κ3) is 2.79. The van der Waals surface area contributed by atoms with Gasteiger partial charge < -0.3 is 10.2 Å². The van der Waals surface area contributed by atoms with E-state index in [0.29, 0.717) is 18.3 Å². The molecule has 2 saturated heterocycles. The third-order valence-electron chi connectivity index (χ3n) is 7.67. The SMILES string of the molecule is C[C@@H]1CCC[C@@H]2CCCN(C(=O)CN3C(=O)N[C@@]4(CCc5ccccc54)C3=O)[C@H]21. The van der Waals surface area contributed by atoms with Gasteiger partial charge in [-0.2, -0.15) is 0 Å². The van der Waals surface area contributed by atoms with E-state index in [1.54, 1.807) is 0 Å². The van der Waals surface area contributed by atoms with Crippen molar-refractivity contribution in [2.24, 2.45) is 11.8 Å². The Bertz CT molecular complexity index is 867. The molecule has 3 fully saturated rings. The number of likely N-dealkylation sites (tertiary alicyclic amines) is 1. The fourth-order valence-corrected chi connectivity index (χ4v) is 6.31. The number of aryl methyl sites for hydroxylation is 1. The predicted octanol–water partition coefficient (Wildman–Crippen LogP) is 2.81. The molecule has 0 bridgehead atoms. The summed E-state index contributed by atoms with van der Waals surface area (Å²) in [4.78, 5) is 42.5. The highest BCUT2D eigenvalue weighted by molar-refractivity contribution is 6.09. The predicted molar refractivity (Wildman–Crippen MR) is 108 cm³/mol. The van der Waals surface area contributed by atoms with Crippen LogP contribution in [0, 0.1) is 11.8 Å². The lowest BCUT2D eigenvalue weighted by Gasteiger charge is -2.47. The van der Waals surface area contributed by atoms with E-state index in [0.717, 1.165) is 41.8 Å². The number of amides is 4. The van der Waals surface area contributed by atoms with Gasteiger partial charge in [0.25, 0.3) is 5.91 Å². The van der Waals surface area contributed by atoms with Crippen LogP contribution in [-0.4, -0.2) is 46.8 Å². The van der Waals surface area contributed by atoms with Crippen LogP contribution in [0.3, 0.4) is 0 Å². The first-order valence-corrected chi connectivity index (χ1v) is 11.0. The number of hydrogen-bond acceptors (Lipinski definition) is 3. The molecule has 1 N–H and O–H groups in total. The Balaban J connectivity index is 1.36. The molecule has 6 heteroatoms. The summed E-state index contributed by atoms with van der Waals surface area (Å²) in [5, 5.41) is 2.93. The second kappa shape index (κ2) is 6.85. The summed E-state index contributed by atoms with van der Waals surface area (Å²) in [7, 11) is 0. The number of carbonyl (C=O) groups excluding carboxylic acids is 3. The molecular formula is C23H29N3O3. The van der Waals surface area contributed by atoms with E-state index in [1.165, 1.54) is 19.3 Å². The number of fused-ring (bicyclic) bond motifs is 3. The molecule has 0 unspecified atom stereocenters. The van der Waals surface area contributed by atoms with Crippen LogP contribution >= 0.6 is 0 Å². The van der Waals surface area contributed by atoms with Crippen molar-refractivity contribution < 1.29 is 14.4 Å².